The number of hydrogen-bond donors (Lipinski definition) is 1. The van der Waals surface area contributed by atoms with Crippen LogP contribution in [0.2, 0.25) is 0 Å². The molecule has 21 heavy (non-hydrogen) atoms. The number of fused-ring (bicyclic) bond motifs is 1. The van der Waals surface area contributed by atoms with Crippen molar-refractivity contribution in [2.45, 2.75) is 26.2 Å². The summed E-state index contributed by atoms with van der Waals surface area (Å²) in [5.74, 6) is 0.512. The van der Waals surface area contributed by atoms with Gasteiger partial charge in [-0.3, -0.25) is 9.78 Å². The predicted octanol–water partition coefficient (Wildman–Crippen LogP) is 3.28. The number of rotatable bonds is 1. The van der Waals surface area contributed by atoms with Gasteiger partial charge in [-0.15, -0.1) is 0 Å². The van der Waals surface area contributed by atoms with E-state index in [1.54, 1.807) is 12.3 Å². The summed E-state index contributed by atoms with van der Waals surface area (Å²) in [5.41, 5.74) is 1.10. The molecule has 0 aliphatic rings. The minimum atomic E-state index is -0.181. The molecule has 1 N–H and O–H groups in total. The maximum Gasteiger partial charge on any atom is 0.251 e. The van der Waals surface area contributed by atoms with Gasteiger partial charge in [-0.05, 0) is 11.5 Å². The molecule has 0 fully saturated rings. The summed E-state index contributed by atoms with van der Waals surface area (Å²) in [5, 5.41) is 2.14. The van der Waals surface area contributed by atoms with Crippen molar-refractivity contribution in [1.82, 2.24) is 15.0 Å². The minimum absolute atomic E-state index is 0.153. The van der Waals surface area contributed by atoms with Crippen molar-refractivity contribution < 1.29 is 0 Å². The Labute approximate surface area is 122 Å². The first-order valence-corrected chi connectivity index (χ1v) is 6.90. The maximum absolute atomic E-state index is 11.9. The van der Waals surface area contributed by atoms with Crippen molar-refractivity contribution in [2.75, 3.05) is 0 Å². The van der Waals surface area contributed by atoms with E-state index in [0.29, 0.717) is 11.5 Å². The molecule has 3 rings (SSSR count). The van der Waals surface area contributed by atoms with Gasteiger partial charge in [-0.2, -0.15) is 0 Å². The van der Waals surface area contributed by atoms with E-state index < -0.39 is 0 Å². The molecule has 1 aromatic carbocycles. The molecule has 0 saturated heterocycles. The van der Waals surface area contributed by atoms with Gasteiger partial charge in [0, 0.05) is 23.1 Å². The van der Waals surface area contributed by atoms with Crippen molar-refractivity contribution in [3.05, 3.63) is 58.6 Å². The van der Waals surface area contributed by atoms with Crippen molar-refractivity contribution in [3.8, 4) is 11.5 Å². The first kappa shape index (κ1) is 13.5. The average molecular weight is 279 g/mol. The van der Waals surface area contributed by atoms with Gasteiger partial charge in [-0.25, -0.2) is 4.98 Å². The third kappa shape index (κ3) is 2.70. The lowest BCUT2D eigenvalue weighted by atomic mass is 9.92. The smallest absolute Gasteiger partial charge is 0.251 e. The Morgan fingerprint density at radius 3 is 2.48 bits per heavy atom. The van der Waals surface area contributed by atoms with Gasteiger partial charge >= 0.3 is 0 Å². The minimum Gasteiger partial charge on any atom is -0.305 e. The molecule has 0 atom stereocenters. The van der Waals surface area contributed by atoms with E-state index in [2.05, 4.69) is 15.0 Å². The summed E-state index contributed by atoms with van der Waals surface area (Å²) in [4.78, 5) is 23.6. The molecule has 3 aromatic rings. The van der Waals surface area contributed by atoms with Crippen LogP contribution in [0.4, 0.5) is 0 Å². The standard InChI is InChI=1S/C17H17N3O/c1-17(2,3)14-9-15(21)20-16(19-14)13-8-11-6-4-5-7-12(11)10-18-13/h4-10H,1-3H3,(H,19,20,21). The van der Waals surface area contributed by atoms with Gasteiger partial charge < -0.3 is 4.98 Å². The van der Waals surface area contributed by atoms with Crippen LogP contribution in [-0.4, -0.2) is 15.0 Å². The molecule has 0 unspecified atom stereocenters. The molecule has 4 nitrogen and oxygen atoms in total. The Balaban J connectivity index is 2.18. The number of H-pyrrole nitrogens is 1. The number of aromatic nitrogens is 3. The third-order valence-electron chi connectivity index (χ3n) is 3.38. The number of aromatic amines is 1. The van der Waals surface area contributed by atoms with Crippen LogP contribution in [0, 0.1) is 0 Å². The predicted molar refractivity (Wildman–Crippen MR) is 84.3 cm³/mol. The molecule has 2 heterocycles. The summed E-state index contributed by atoms with van der Waals surface area (Å²) in [6, 6.07) is 11.5. The normalized spacial score (nSPS) is 11.8. The van der Waals surface area contributed by atoms with Crippen LogP contribution in [0.3, 0.4) is 0 Å². The lowest BCUT2D eigenvalue weighted by molar-refractivity contribution is 0.566. The Bertz CT molecular complexity index is 860. The van der Waals surface area contributed by atoms with E-state index in [9.17, 15) is 4.79 Å². The molecule has 0 spiro atoms. The fourth-order valence-electron chi connectivity index (χ4n) is 2.18. The molecular weight excluding hydrogens is 262 g/mol. The van der Waals surface area contributed by atoms with Crippen LogP contribution in [0.1, 0.15) is 26.5 Å². The quantitative estimate of drug-likeness (QED) is 0.743. The summed E-state index contributed by atoms with van der Waals surface area (Å²) in [6.07, 6.45) is 1.80. The number of hydrogen-bond acceptors (Lipinski definition) is 3. The number of nitrogens with zero attached hydrogens (tertiary/aromatic N) is 2. The van der Waals surface area contributed by atoms with Gasteiger partial charge in [0.15, 0.2) is 5.82 Å². The van der Waals surface area contributed by atoms with Gasteiger partial charge in [0.05, 0.1) is 5.69 Å². The zero-order valence-electron chi connectivity index (χ0n) is 12.3. The monoisotopic (exact) mass is 279 g/mol. The molecule has 0 aliphatic heterocycles. The van der Waals surface area contributed by atoms with E-state index in [1.165, 1.54) is 0 Å². The van der Waals surface area contributed by atoms with Crippen LogP contribution in [0.15, 0.2) is 47.4 Å². The highest BCUT2D eigenvalue weighted by Crippen LogP contribution is 2.22. The first-order chi connectivity index (χ1) is 9.93. The molecule has 0 radical (unpaired) electrons. The number of pyridine rings is 1. The highest BCUT2D eigenvalue weighted by Gasteiger charge is 2.17. The highest BCUT2D eigenvalue weighted by molar-refractivity contribution is 5.84. The van der Waals surface area contributed by atoms with Crippen molar-refractivity contribution in [2.24, 2.45) is 0 Å². The van der Waals surface area contributed by atoms with Crippen LogP contribution in [0.5, 0.6) is 0 Å². The topological polar surface area (TPSA) is 58.6 Å². The maximum atomic E-state index is 11.9. The molecule has 0 saturated carbocycles. The second kappa shape index (κ2) is 4.81. The van der Waals surface area contributed by atoms with Crippen molar-refractivity contribution >= 4 is 10.8 Å². The molecule has 0 aliphatic carbocycles. The lowest BCUT2D eigenvalue weighted by Gasteiger charge is -2.17. The van der Waals surface area contributed by atoms with Gasteiger partial charge in [0.25, 0.3) is 5.56 Å². The van der Waals surface area contributed by atoms with Crippen LogP contribution >= 0.6 is 0 Å². The van der Waals surface area contributed by atoms with E-state index >= 15 is 0 Å². The largest absolute Gasteiger partial charge is 0.305 e. The molecule has 0 amide bonds. The average Bonchev–Trinajstić information content (AvgIpc) is 2.45. The Hall–Kier alpha value is -2.49. The van der Waals surface area contributed by atoms with Gasteiger partial charge in [0.1, 0.15) is 5.69 Å². The summed E-state index contributed by atoms with van der Waals surface area (Å²) < 4.78 is 0. The fourth-order valence-corrected chi connectivity index (χ4v) is 2.18. The number of benzene rings is 1. The highest BCUT2D eigenvalue weighted by atomic mass is 16.1. The van der Waals surface area contributed by atoms with E-state index in [-0.39, 0.29) is 11.0 Å². The number of nitrogens with one attached hydrogen (secondary N) is 1. The van der Waals surface area contributed by atoms with Gasteiger partial charge in [-0.1, -0.05) is 45.0 Å². The second-order valence-corrected chi connectivity index (χ2v) is 6.15. The molecule has 2 aromatic heterocycles. The van der Waals surface area contributed by atoms with Crippen LogP contribution in [0.25, 0.3) is 22.3 Å². The van der Waals surface area contributed by atoms with Crippen molar-refractivity contribution in [1.29, 1.82) is 0 Å². The van der Waals surface area contributed by atoms with Gasteiger partial charge in [0.2, 0.25) is 0 Å². The third-order valence-corrected chi connectivity index (χ3v) is 3.38. The Kier molecular flexibility index (Phi) is 3.09. The SMILES string of the molecule is CC(C)(C)c1cc(=O)[nH]c(-c2cc3ccccc3cn2)n1. The summed E-state index contributed by atoms with van der Waals surface area (Å²) in [7, 11) is 0. The first-order valence-electron chi connectivity index (χ1n) is 6.90. The molecule has 4 heteroatoms. The summed E-state index contributed by atoms with van der Waals surface area (Å²) >= 11 is 0. The molecule has 0 bridgehead atoms. The Morgan fingerprint density at radius 1 is 1.05 bits per heavy atom. The van der Waals surface area contributed by atoms with Crippen LogP contribution < -0.4 is 5.56 Å². The second-order valence-electron chi connectivity index (χ2n) is 6.15. The van der Waals surface area contributed by atoms with Crippen molar-refractivity contribution in [3.63, 3.8) is 0 Å². The van der Waals surface area contributed by atoms with E-state index in [1.807, 2.05) is 51.1 Å². The molecular formula is C17H17N3O. The lowest BCUT2D eigenvalue weighted by Crippen LogP contribution is -2.20. The summed E-state index contributed by atoms with van der Waals surface area (Å²) in [6.45, 7) is 6.10. The zero-order valence-corrected chi connectivity index (χ0v) is 12.3. The molecule has 106 valence electrons. The Morgan fingerprint density at radius 2 is 1.76 bits per heavy atom. The fraction of sp³-hybridized carbons (Fsp3) is 0.235. The van der Waals surface area contributed by atoms with E-state index in [4.69, 9.17) is 0 Å². The van der Waals surface area contributed by atoms with Crippen LogP contribution in [-0.2, 0) is 5.41 Å². The zero-order chi connectivity index (χ0) is 15.0. The van der Waals surface area contributed by atoms with E-state index in [0.717, 1.165) is 16.5 Å².